The Morgan fingerprint density at radius 3 is 2.37 bits per heavy atom. The van der Waals surface area contributed by atoms with Gasteiger partial charge in [-0.3, -0.25) is 9.69 Å². The first-order chi connectivity index (χ1) is 14.3. The van der Waals surface area contributed by atoms with Crippen LogP contribution in [0.4, 0.5) is 4.79 Å². The van der Waals surface area contributed by atoms with Crippen molar-refractivity contribution in [3.8, 4) is 0 Å². The van der Waals surface area contributed by atoms with E-state index in [9.17, 15) is 9.59 Å². The van der Waals surface area contributed by atoms with E-state index in [0.717, 1.165) is 25.9 Å². The minimum atomic E-state index is -0.128. The van der Waals surface area contributed by atoms with Crippen LogP contribution >= 0.6 is 11.6 Å². The molecule has 0 spiro atoms. The molecule has 3 aliphatic rings. The van der Waals surface area contributed by atoms with Crippen LogP contribution in [0.3, 0.4) is 0 Å². The molecule has 4 rings (SSSR count). The summed E-state index contributed by atoms with van der Waals surface area (Å²) in [6.07, 6.45) is 5.87. The van der Waals surface area contributed by atoms with Crippen LogP contribution in [0.25, 0.3) is 0 Å². The van der Waals surface area contributed by atoms with Crippen LogP contribution < -0.4 is 5.32 Å². The van der Waals surface area contributed by atoms with Gasteiger partial charge in [0.25, 0.3) is 5.91 Å². The summed E-state index contributed by atoms with van der Waals surface area (Å²) in [6.45, 7) is 7.95. The Balaban J connectivity index is 1.43. The average Bonchev–Trinajstić information content (AvgIpc) is 2.73. The third kappa shape index (κ3) is 4.59. The number of urea groups is 1. The molecule has 1 saturated carbocycles. The molecule has 1 N–H and O–H groups in total. The lowest BCUT2D eigenvalue weighted by Crippen LogP contribution is -2.71. The average molecular weight is 433 g/mol. The number of fused-ring (bicyclic) bond motifs is 1. The zero-order chi connectivity index (χ0) is 21.3. The highest BCUT2D eigenvalue weighted by molar-refractivity contribution is 6.30. The van der Waals surface area contributed by atoms with Gasteiger partial charge in [-0.1, -0.05) is 30.9 Å². The molecule has 1 aliphatic carbocycles. The maximum Gasteiger partial charge on any atom is 0.317 e. The third-order valence-electron chi connectivity index (χ3n) is 6.87. The molecule has 0 aromatic heterocycles. The van der Waals surface area contributed by atoms with Crippen molar-refractivity contribution in [1.82, 2.24) is 20.0 Å². The molecular formula is C23H33ClN4O2. The number of carbonyl (C=O) groups is 2. The van der Waals surface area contributed by atoms with Gasteiger partial charge in [-0.15, -0.1) is 0 Å². The summed E-state index contributed by atoms with van der Waals surface area (Å²) >= 11 is 5.98. The van der Waals surface area contributed by atoms with Crippen molar-refractivity contribution in [2.24, 2.45) is 0 Å². The quantitative estimate of drug-likeness (QED) is 0.776. The van der Waals surface area contributed by atoms with Crippen molar-refractivity contribution in [2.75, 3.05) is 32.7 Å². The fraction of sp³-hybridized carbons (Fsp3) is 0.652. The summed E-state index contributed by atoms with van der Waals surface area (Å²) in [5, 5.41) is 3.87. The molecule has 1 atom stereocenters. The molecule has 2 aliphatic heterocycles. The van der Waals surface area contributed by atoms with E-state index >= 15 is 0 Å². The van der Waals surface area contributed by atoms with Gasteiger partial charge in [0.1, 0.15) is 0 Å². The summed E-state index contributed by atoms with van der Waals surface area (Å²) in [4.78, 5) is 32.4. The van der Waals surface area contributed by atoms with E-state index in [2.05, 4.69) is 24.1 Å². The van der Waals surface area contributed by atoms with Gasteiger partial charge in [-0.05, 0) is 51.0 Å². The first-order valence-corrected chi connectivity index (χ1v) is 11.6. The van der Waals surface area contributed by atoms with E-state index in [-0.39, 0.29) is 23.5 Å². The maximum absolute atomic E-state index is 13.1. The number of piperazine rings is 2. The number of hydrogen-bond acceptors (Lipinski definition) is 3. The van der Waals surface area contributed by atoms with E-state index < -0.39 is 0 Å². The molecule has 3 fully saturated rings. The van der Waals surface area contributed by atoms with Crippen LogP contribution in [-0.2, 0) is 0 Å². The number of rotatable bonds is 2. The summed E-state index contributed by atoms with van der Waals surface area (Å²) in [5.74, 6) is 0.0307. The van der Waals surface area contributed by atoms with Crippen molar-refractivity contribution >= 4 is 23.5 Å². The maximum atomic E-state index is 13.1. The third-order valence-corrected chi connectivity index (χ3v) is 7.12. The Hall–Kier alpha value is -1.79. The standard InChI is InChI=1S/C23H33ClN4O2/c1-23(2)16-27(21(29)17-8-10-18(24)11-9-17)15-20-14-26(12-13-28(20)23)22(30)25-19-6-4-3-5-7-19/h8-11,19-20H,3-7,12-16H2,1-2H3,(H,25,30)/t20-/m0/s1. The molecule has 7 heteroatoms. The molecule has 164 valence electrons. The van der Waals surface area contributed by atoms with E-state index in [1.807, 2.05) is 9.80 Å². The number of carbonyl (C=O) groups excluding carboxylic acids is 2. The lowest BCUT2D eigenvalue weighted by Gasteiger charge is -2.55. The zero-order valence-corrected chi connectivity index (χ0v) is 18.8. The molecule has 0 bridgehead atoms. The van der Waals surface area contributed by atoms with Gasteiger partial charge in [0.05, 0.1) is 0 Å². The fourth-order valence-corrected chi connectivity index (χ4v) is 5.44. The lowest BCUT2D eigenvalue weighted by molar-refractivity contribution is -0.0483. The topological polar surface area (TPSA) is 55.9 Å². The highest BCUT2D eigenvalue weighted by Gasteiger charge is 2.44. The molecule has 1 aromatic rings. The Labute approximate surface area is 184 Å². The number of benzene rings is 1. The molecule has 2 heterocycles. The highest BCUT2D eigenvalue weighted by Crippen LogP contribution is 2.29. The SMILES string of the molecule is CC1(C)CN(C(=O)c2ccc(Cl)cc2)C[C@@H]2CN(C(=O)NC3CCCCC3)CCN21. The van der Waals surface area contributed by atoms with E-state index in [1.165, 1.54) is 19.3 Å². The largest absolute Gasteiger partial charge is 0.335 e. The second-order valence-electron chi connectivity index (χ2n) is 9.58. The summed E-state index contributed by atoms with van der Waals surface area (Å²) < 4.78 is 0. The molecular weight excluding hydrogens is 400 g/mol. The van der Waals surface area contributed by atoms with Crippen molar-refractivity contribution < 1.29 is 9.59 Å². The van der Waals surface area contributed by atoms with Gasteiger partial charge >= 0.3 is 6.03 Å². The highest BCUT2D eigenvalue weighted by atomic mass is 35.5. The monoisotopic (exact) mass is 432 g/mol. The Kier molecular flexibility index (Phi) is 6.26. The molecule has 1 aromatic carbocycles. The van der Waals surface area contributed by atoms with Gasteiger partial charge in [-0.25, -0.2) is 4.79 Å². The first-order valence-electron chi connectivity index (χ1n) is 11.2. The smallest absolute Gasteiger partial charge is 0.317 e. The van der Waals surface area contributed by atoms with Crippen LogP contribution in [-0.4, -0.2) is 77.0 Å². The molecule has 3 amide bonds. The van der Waals surface area contributed by atoms with Gasteiger partial charge in [-0.2, -0.15) is 0 Å². The molecule has 0 radical (unpaired) electrons. The second-order valence-corrected chi connectivity index (χ2v) is 10.0. The van der Waals surface area contributed by atoms with Crippen molar-refractivity contribution in [3.63, 3.8) is 0 Å². The van der Waals surface area contributed by atoms with Crippen LogP contribution in [0.1, 0.15) is 56.3 Å². The summed E-state index contributed by atoms with van der Waals surface area (Å²) in [5.41, 5.74) is 0.531. The van der Waals surface area contributed by atoms with Gasteiger partial charge in [0.15, 0.2) is 0 Å². The van der Waals surface area contributed by atoms with Crippen molar-refractivity contribution in [2.45, 2.75) is 63.6 Å². The number of nitrogens with zero attached hydrogens (tertiary/aromatic N) is 3. The fourth-order valence-electron chi connectivity index (χ4n) is 5.31. The first kappa shape index (κ1) is 21.4. The van der Waals surface area contributed by atoms with E-state index in [1.54, 1.807) is 24.3 Å². The predicted molar refractivity (Wildman–Crippen MR) is 119 cm³/mol. The van der Waals surface area contributed by atoms with Crippen molar-refractivity contribution in [3.05, 3.63) is 34.9 Å². The van der Waals surface area contributed by atoms with Crippen LogP contribution in [0.2, 0.25) is 5.02 Å². The Bertz CT molecular complexity index is 776. The van der Waals surface area contributed by atoms with Crippen LogP contribution in [0.5, 0.6) is 0 Å². The van der Waals surface area contributed by atoms with E-state index in [0.29, 0.717) is 36.3 Å². The van der Waals surface area contributed by atoms with Gasteiger partial charge in [0.2, 0.25) is 0 Å². The zero-order valence-electron chi connectivity index (χ0n) is 18.1. The minimum absolute atomic E-state index is 0.0307. The lowest BCUT2D eigenvalue weighted by atomic mass is 9.92. The minimum Gasteiger partial charge on any atom is -0.335 e. The summed E-state index contributed by atoms with van der Waals surface area (Å²) in [7, 11) is 0. The normalized spacial score (nSPS) is 25.0. The van der Waals surface area contributed by atoms with Gasteiger partial charge < -0.3 is 15.1 Å². The number of halogens is 1. The number of amides is 3. The Morgan fingerprint density at radius 1 is 1.00 bits per heavy atom. The predicted octanol–water partition coefficient (Wildman–Crippen LogP) is 3.60. The summed E-state index contributed by atoms with van der Waals surface area (Å²) in [6, 6.07) is 7.61. The molecule has 2 saturated heterocycles. The molecule has 30 heavy (non-hydrogen) atoms. The van der Waals surface area contributed by atoms with Gasteiger partial charge in [0, 0.05) is 60.9 Å². The molecule has 6 nitrogen and oxygen atoms in total. The van der Waals surface area contributed by atoms with E-state index in [4.69, 9.17) is 11.6 Å². The Morgan fingerprint density at radius 2 is 1.67 bits per heavy atom. The second kappa shape index (κ2) is 8.75. The van der Waals surface area contributed by atoms with Crippen molar-refractivity contribution in [1.29, 1.82) is 0 Å². The number of hydrogen-bond donors (Lipinski definition) is 1. The number of nitrogens with one attached hydrogen (secondary N) is 1. The molecule has 0 unspecified atom stereocenters. The van der Waals surface area contributed by atoms with Crippen LogP contribution in [0.15, 0.2) is 24.3 Å². The van der Waals surface area contributed by atoms with Crippen LogP contribution in [0, 0.1) is 0 Å².